The summed E-state index contributed by atoms with van der Waals surface area (Å²) in [5, 5.41) is 0.997. The quantitative estimate of drug-likeness (QED) is 0.323. The van der Waals surface area contributed by atoms with E-state index in [-0.39, 0.29) is 24.4 Å². The minimum absolute atomic E-state index is 0.0159. The van der Waals surface area contributed by atoms with Crippen LogP contribution in [0.15, 0.2) is 89.9 Å². The van der Waals surface area contributed by atoms with Gasteiger partial charge < -0.3 is 4.57 Å². The molecule has 0 radical (unpaired) electrons. The fourth-order valence-electron chi connectivity index (χ4n) is 4.42. The highest BCUT2D eigenvalue weighted by molar-refractivity contribution is 7.83. The highest BCUT2D eigenvalue weighted by atomic mass is 35.5. The zero-order valence-electron chi connectivity index (χ0n) is 19.8. The van der Waals surface area contributed by atoms with E-state index in [4.69, 9.17) is 11.6 Å². The Balaban J connectivity index is 1.71. The first-order chi connectivity index (χ1) is 17.8. The standard InChI is InChI=1S/C29H22ClFN2O3S/c1-18-10-13-21(14-11-18)37(36)32-29(35)28-27(22-7-3-5-9-26(22)34)23-16-20(30)12-15-25(23)33(28)17-19-6-2-4-8-24(19)31/h2-8,10-16H,9,17H2,1H3,(H,32,35)/t37-/m1/s1. The molecule has 0 aliphatic heterocycles. The summed E-state index contributed by atoms with van der Waals surface area (Å²) in [7, 11) is -1.86. The van der Waals surface area contributed by atoms with E-state index in [1.54, 1.807) is 83.5 Å². The average molecular weight is 533 g/mol. The number of halogens is 2. The minimum Gasteiger partial charge on any atom is -0.331 e. The van der Waals surface area contributed by atoms with Crippen LogP contribution in [0.4, 0.5) is 4.39 Å². The van der Waals surface area contributed by atoms with Crippen molar-refractivity contribution in [2.45, 2.75) is 24.8 Å². The third-order valence-corrected chi connectivity index (χ3v) is 7.53. The van der Waals surface area contributed by atoms with Crippen LogP contribution in [0.5, 0.6) is 0 Å². The number of carbonyl (C=O) groups is 2. The third kappa shape index (κ3) is 4.92. The zero-order chi connectivity index (χ0) is 26.1. The SMILES string of the molecule is Cc1ccc([S@@](=O)NC(=O)c2c(C3=CC=CCC3=O)c3cc(Cl)ccc3n2Cc2ccccc2F)cc1. The summed E-state index contributed by atoms with van der Waals surface area (Å²) in [4.78, 5) is 27.2. The van der Waals surface area contributed by atoms with E-state index in [1.807, 2.05) is 6.92 Å². The van der Waals surface area contributed by atoms with E-state index < -0.39 is 22.7 Å². The van der Waals surface area contributed by atoms with E-state index in [0.717, 1.165) is 5.56 Å². The monoisotopic (exact) mass is 532 g/mol. The number of nitrogens with zero attached hydrogens (tertiary/aromatic N) is 1. The maximum atomic E-state index is 14.7. The molecule has 1 aromatic heterocycles. The second kappa shape index (κ2) is 10.3. The molecule has 1 aliphatic rings. The van der Waals surface area contributed by atoms with Crippen molar-refractivity contribution in [3.63, 3.8) is 0 Å². The molecule has 5 nitrogen and oxygen atoms in total. The van der Waals surface area contributed by atoms with Crippen molar-refractivity contribution in [1.82, 2.24) is 9.29 Å². The molecule has 1 N–H and O–H groups in total. The smallest absolute Gasteiger partial charge is 0.280 e. The number of allylic oxidation sites excluding steroid dienone is 4. The van der Waals surface area contributed by atoms with E-state index >= 15 is 0 Å². The third-order valence-electron chi connectivity index (χ3n) is 6.22. The average Bonchev–Trinajstić information content (AvgIpc) is 3.19. The van der Waals surface area contributed by atoms with Crippen LogP contribution in [0.25, 0.3) is 16.5 Å². The van der Waals surface area contributed by atoms with Crippen LogP contribution < -0.4 is 4.72 Å². The van der Waals surface area contributed by atoms with Gasteiger partial charge in [-0.1, -0.05) is 65.7 Å². The van der Waals surface area contributed by atoms with Crippen LogP contribution in [-0.4, -0.2) is 20.5 Å². The van der Waals surface area contributed by atoms with E-state index in [2.05, 4.69) is 4.72 Å². The van der Waals surface area contributed by atoms with Gasteiger partial charge in [0.25, 0.3) is 5.91 Å². The first-order valence-electron chi connectivity index (χ1n) is 11.6. The number of hydrogen-bond acceptors (Lipinski definition) is 3. The van der Waals surface area contributed by atoms with Crippen molar-refractivity contribution in [1.29, 1.82) is 0 Å². The molecule has 1 aliphatic carbocycles. The summed E-state index contributed by atoms with van der Waals surface area (Å²) >= 11 is 6.33. The number of aryl methyl sites for hydroxylation is 1. The molecule has 1 atom stereocenters. The van der Waals surface area contributed by atoms with E-state index in [0.29, 0.717) is 37.5 Å². The van der Waals surface area contributed by atoms with Gasteiger partial charge >= 0.3 is 0 Å². The predicted molar refractivity (Wildman–Crippen MR) is 144 cm³/mol. The highest BCUT2D eigenvalue weighted by Crippen LogP contribution is 2.36. The second-order valence-corrected chi connectivity index (χ2v) is 10.4. The van der Waals surface area contributed by atoms with Crippen molar-refractivity contribution >= 4 is 50.8 Å². The number of Topliss-reactive ketones (excluding diaryl/α,β-unsaturated/α-hetero) is 1. The summed E-state index contributed by atoms with van der Waals surface area (Å²) in [6.07, 6.45) is 5.34. The van der Waals surface area contributed by atoms with Gasteiger partial charge in [-0.3, -0.25) is 14.3 Å². The highest BCUT2D eigenvalue weighted by Gasteiger charge is 2.29. The van der Waals surface area contributed by atoms with Crippen LogP contribution in [-0.2, 0) is 22.3 Å². The fraction of sp³-hybridized carbons (Fsp3) is 0.103. The molecule has 186 valence electrons. The molecule has 1 amide bonds. The summed E-state index contributed by atoms with van der Waals surface area (Å²) in [5.41, 5.74) is 2.77. The summed E-state index contributed by atoms with van der Waals surface area (Å²) < 4.78 is 32.0. The number of rotatable bonds is 6. The Bertz CT molecular complexity index is 1640. The van der Waals surface area contributed by atoms with Gasteiger partial charge in [0, 0.05) is 39.0 Å². The van der Waals surface area contributed by atoms with Gasteiger partial charge in [0.15, 0.2) is 16.8 Å². The predicted octanol–water partition coefficient (Wildman–Crippen LogP) is 6.16. The molecule has 0 saturated heterocycles. The second-order valence-electron chi connectivity index (χ2n) is 8.71. The lowest BCUT2D eigenvalue weighted by molar-refractivity contribution is -0.113. The molecule has 0 spiro atoms. The molecular formula is C29H22ClFN2O3S. The Labute approximate surface area is 220 Å². The van der Waals surface area contributed by atoms with Crippen LogP contribution in [0.1, 0.15) is 33.6 Å². The summed E-state index contributed by atoms with van der Waals surface area (Å²) in [5.74, 6) is -1.24. The zero-order valence-corrected chi connectivity index (χ0v) is 21.4. The van der Waals surface area contributed by atoms with Gasteiger partial charge in [0.1, 0.15) is 11.5 Å². The molecule has 4 aromatic rings. The number of nitrogens with one attached hydrogen (secondary N) is 1. The van der Waals surface area contributed by atoms with Crippen molar-refractivity contribution in [2.75, 3.05) is 0 Å². The first-order valence-corrected chi connectivity index (χ1v) is 13.1. The molecule has 0 unspecified atom stereocenters. The summed E-state index contributed by atoms with van der Waals surface area (Å²) in [6.45, 7) is 1.93. The van der Waals surface area contributed by atoms with Crippen molar-refractivity contribution in [2.24, 2.45) is 0 Å². The Morgan fingerprint density at radius 3 is 2.59 bits per heavy atom. The maximum Gasteiger partial charge on any atom is 0.280 e. The Kier molecular flexibility index (Phi) is 6.91. The lowest BCUT2D eigenvalue weighted by atomic mass is 9.93. The van der Waals surface area contributed by atoms with E-state index in [9.17, 15) is 18.2 Å². The Morgan fingerprint density at radius 1 is 1.11 bits per heavy atom. The van der Waals surface area contributed by atoms with Crippen molar-refractivity contribution < 1.29 is 18.2 Å². The van der Waals surface area contributed by atoms with Gasteiger partial charge in [-0.25, -0.2) is 8.60 Å². The number of aromatic nitrogens is 1. The first kappa shape index (κ1) is 24.9. The molecule has 8 heteroatoms. The molecule has 0 saturated carbocycles. The topological polar surface area (TPSA) is 68.2 Å². The Hall–Kier alpha value is -3.81. The number of amides is 1. The van der Waals surface area contributed by atoms with Crippen LogP contribution in [0, 0.1) is 12.7 Å². The van der Waals surface area contributed by atoms with Crippen molar-refractivity contribution in [3.05, 3.63) is 118 Å². The molecular weight excluding hydrogens is 511 g/mol. The van der Waals surface area contributed by atoms with Gasteiger partial charge in [-0.2, -0.15) is 0 Å². The molecule has 37 heavy (non-hydrogen) atoms. The van der Waals surface area contributed by atoms with E-state index in [1.165, 1.54) is 6.07 Å². The van der Waals surface area contributed by atoms with Gasteiger partial charge in [0.05, 0.1) is 11.4 Å². The Morgan fingerprint density at radius 2 is 1.86 bits per heavy atom. The van der Waals surface area contributed by atoms with Gasteiger partial charge in [0.2, 0.25) is 0 Å². The minimum atomic E-state index is -1.86. The molecule has 5 rings (SSSR count). The lowest BCUT2D eigenvalue weighted by Crippen LogP contribution is -2.29. The number of fused-ring (bicyclic) bond motifs is 1. The summed E-state index contributed by atoms with van der Waals surface area (Å²) in [6, 6.07) is 18.4. The number of carbonyl (C=O) groups excluding carboxylic acids is 2. The van der Waals surface area contributed by atoms with Crippen LogP contribution in [0.3, 0.4) is 0 Å². The van der Waals surface area contributed by atoms with Crippen LogP contribution in [0.2, 0.25) is 5.02 Å². The number of benzene rings is 3. The fourth-order valence-corrected chi connectivity index (χ4v) is 5.35. The lowest BCUT2D eigenvalue weighted by Gasteiger charge is -2.15. The molecule has 1 heterocycles. The largest absolute Gasteiger partial charge is 0.331 e. The van der Waals surface area contributed by atoms with Gasteiger partial charge in [-0.15, -0.1) is 0 Å². The number of hydrogen-bond donors (Lipinski definition) is 1. The maximum absolute atomic E-state index is 14.7. The normalized spacial score (nSPS) is 14.0. The van der Waals surface area contributed by atoms with Crippen molar-refractivity contribution in [3.8, 4) is 0 Å². The molecule has 3 aromatic carbocycles. The van der Waals surface area contributed by atoms with Crippen LogP contribution >= 0.6 is 11.6 Å². The number of ketones is 1. The van der Waals surface area contributed by atoms with Gasteiger partial charge in [-0.05, 0) is 43.3 Å². The molecule has 0 fully saturated rings. The molecule has 0 bridgehead atoms.